The van der Waals surface area contributed by atoms with Crippen LogP contribution in [0.25, 0.3) is 0 Å². The third-order valence-electron chi connectivity index (χ3n) is 3.38. The lowest BCUT2D eigenvalue weighted by atomic mass is 9.91. The zero-order valence-electron chi connectivity index (χ0n) is 9.63. The first kappa shape index (κ1) is 10.7. The Bertz CT molecular complexity index is 300. The fraction of sp³-hybridized carbons (Fsp3) is 0.571. The molecule has 0 aliphatic carbocycles. The second-order valence-corrected chi connectivity index (χ2v) is 4.72. The van der Waals surface area contributed by atoms with E-state index in [2.05, 4.69) is 36.5 Å². The molecule has 1 aromatic rings. The van der Waals surface area contributed by atoms with Crippen LogP contribution in [0.3, 0.4) is 0 Å². The highest BCUT2D eigenvalue weighted by Gasteiger charge is 2.12. The van der Waals surface area contributed by atoms with E-state index in [0.717, 1.165) is 5.92 Å². The SMILES string of the molecule is Cc1cccc(CCC2CCNCC2)c1. The fourth-order valence-electron chi connectivity index (χ4n) is 2.41. The lowest BCUT2D eigenvalue weighted by Crippen LogP contribution is -2.27. The van der Waals surface area contributed by atoms with Crippen molar-refractivity contribution in [3.05, 3.63) is 35.4 Å². The Kier molecular flexibility index (Phi) is 3.79. The second kappa shape index (κ2) is 5.32. The summed E-state index contributed by atoms with van der Waals surface area (Å²) >= 11 is 0. The van der Waals surface area contributed by atoms with Gasteiger partial charge in [-0.25, -0.2) is 0 Å². The van der Waals surface area contributed by atoms with Gasteiger partial charge in [0.05, 0.1) is 0 Å². The predicted octanol–water partition coefficient (Wildman–Crippen LogP) is 2.93. The molecule has 1 saturated heterocycles. The number of rotatable bonds is 3. The summed E-state index contributed by atoms with van der Waals surface area (Å²) in [5.41, 5.74) is 2.89. The molecule has 0 atom stereocenters. The molecule has 1 nitrogen and oxygen atoms in total. The molecule has 2 rings (SSSR count). The predicted molar refractivity (Wildman–Crippen MR) is 65.1 cm³/mol. The Morgan fingerprint density at radius 2 is 2.07 bits per heavy atom. The van der Waals surface area contributed by atoms with Gasteiger partial charge in [0.15, 0.2) is 0 Å². The highest BCUT2D eigenvalue weighted by Crippen LogP contribution is 2.18. The third kappa shape index (κ3) is 3.35. The van der Waals surface area contributed by atoms with Gasteiger partial charge in [-0.05, 0) is 57.2 Å². The van der Waals surface area contributed by atoms with E-state index in [1.807, 2.05) is 0 Å². The quantitative estimate of drug-likeness (QED) is 0.796. The van der Waals surface area contributed by atoms with Crippen molar-refractivity contribution in [1.82, 2.24) is 5.32 Å². The molecule has 1 aromatic carbocycles. The smallest absolute Gasteiger partial charge is 0.00463 e. The zero-order valence-corrected chi connectivity index (χ0v) is 9.63. The van der Waals surface area contributed by atoms with Crippen LogP contribution in [0, 0.1) is 12.8 Å². The summed E-state index contributed by atoms with van der Waals surface area (Å²) in [7, 11) is 0. The van der Waals surface area contributed by atoms with Gasteiger partial charge in [0.2, 0.25) is 0 Å². The Morgan fingerprint density at radius 3 is 2.80 bits per heavy atom. The van der Waals surface area contributed by atoms with E-state index in [4.69, 9.17) is 0 Å². The maximum atomic E-state index is 3.42. The third-order valence-corrected chi connectivity index (χ3v) is 3.38. The van der Waals surface area contributed by atoms with E-state index in [1.165, 1.54) is 49.9 Å². The molecule has 1 fully saturated rings. The molecule has 0 spiro atoms. The van der Waals surface area contributed by atoms with E-state index in [0.29, 0.717) is 0 Å². The topological polar surface area (TPSA) is 12.0 Å². The van der Waals surface area contributed by atoms with Crippen LogP contribution in [-0.4, -0.2) is 13.1 Å². The van der Waals surface area contributed by atoms with Gasteiger partial charge >= 0.3 is 0 Å². The Hall–Kier alpha value is -0.820. The molecule has 82 valence electrons. The molecule has 0 unspecified atom stereocenters. The Labute approximate surface area is 92.9 Å². The Balaban J connectivity index is 1.81. The average molecular weight is 203 g/mol. The van der Waals surface area contributed by atoms with Crippen molar-refractivity contribution < 1.29 is 0 Å². The van der Waals surface area contributed by atoms with Crippen molar-refractivity contribution >= 4 is 0 Å². The molecule has 0 bridgehead atoms. The van der Waals surface area contributed by atoms with Crippen LogP contribution in [0.1, 0.15) is 30.4 Å². The minimum absolute atomic E-state index is 0.951. The minimum atomic E-state index is 0.951. The first-order valence-corrected chi connectivity index (χ1v) is 6.11. The van der Waals surface area contributed by atoms with E-state index in [-0.39, 0.29) is 0 Å². The maximum absolute atomic E-state index is 3.42. The number of piperidine rings is 1. The maximum Gasteiger partial charge on any atom is -0.00463 e. The molecular formula is C14H21N. The molecule has 1 aliphatic rings. The van der Waals surface area contributed by atoms with Crippen molar-refractivity contribution in [3.63, 3.8) is 0 Å². The first-order chi connectivity index (χ1) is 7.34. The lowest BCUT2D eigenvalue weighted by Gasteiger charge is -2.22. The average Bonchev–Trinajstić information content (AvgIpc) is 2.28. The van der Waals surface area contributed by atoms with E-state index in [1.54, 1.807) is 0 Å². The molecule has 0 radical (unpaired) electrons. The number of hydrogen-bond acceptors (Lipinski definition) is 1. The molecule has 0 aromatic heterocycles. The van der Waals surface area contributed by atoms with Crippen LogP contribution in [0.4, 0.5) is 0 Å². The van der Waals surface area contributed by atoms with Crippen LogP contribution in [0.5, 0.6) is 0 Å². The van der Waals surface area contributed by atoms with Crippen LogP contribution in [0.2, 0.25) is 0 Å². The van der Waals surface area contributed by atoms with Crippen LogP contribution >= 0.6 is 0 Å². The van der Waals surface area contributed by atoms with Gasteiger partial charge in [0.1, 0.15) is 0 Å². The van der Waals surface area contributed by atoms with E-state index >= 15 is 0 Å². The summed E-state index contributed by atoms with van der Waals surface area (Å²) in [6, 6.07) is 8.93. The number of nitrogens with one attached hydrogen (secondary N) is 1. The van der Waals surface area contributed by atoms with Crippen LogP contribution in [-0.2, 0) is 6.42 Å². The number of aryl methyl sites for hydroxylation is 2. The molecule has 1 heteroatoms. The van der Waals surface area contributed by atoms with Gasteiger partial charge < -0.3 is 5.32 Å². The standard InChI is InChI=1S/C14H21N/c1-12-3-2-4-14(11-12)6-5-13-7-9-15-10-8-13/h2-4,11,13,15H,5-10H2,1H3. The molecule has 0 amide bonds. The molecule has 1 heterocycles. The molecule has 0 saturated carbocycles. The molecule has 15 heavy (non-hydrogen) atoms. The highest BCUT2D eigenvalue weighted by molar-refractivity contribution is 5.22. The second-order valence-electron chi connectivity index (χ2n) is 4.72. The van der Waals surface area contributed by atoms with E-state index < -0.39 is 0 Å². The summed E-state index contributed by atoms with van der Waals surface area (Å²) in [5, 5.41) is 3.42. The van der Waals surface area contributed by atoms with Gasteiger partial charge in [0, 0.05) is 0 Å². The van der Waals surface area contributed by atoms with Crippen LogP contribution < -0.4 is 5.32 Å². The highest BCUT2D eigenvalue weighted by atomic mass is 14.9. The Morgan fingerprint density at radius 1 is 1.27 bits per heavy atom. The van der Waals surface area contributed by atoms with Gasteiger partial charge in [-0.1, -0.05) is 29.8 Å². The van der Waals surface area contributed by atoms with Crippen molar-refractivity contribution in [2.24, 2.45) is 5.92 Å². The zero-order chi connectivity index (χ0) is 10.5. The largest absolute Gasteiger partial charge is 0.317 e. The lowest BCUT2D eigenvalue weighted by molar-refractivity contribution is 0.354. The van der Waals surface area contributed by atoms with Crippen molar-refractivity contribution in [3.8, 4) is 0 Å². The number of hydrogen-bond donors (Lipinski definition) is 1. The summed E-state index contributed by atoms with van der Waals surface area (Å²) in [6.45, 7) is 4.62. The minimum Gasteiger partial charge on any atom is -0.317 e. The van der Waals surface area contributed by atoms with E-state index in [9.17, 15) is 0 Å². The molecular weight excluding hydrogens is 182 g/mol. The van der Waals surface area contributed by atoms with Gasteiger partial charge in [0.25, 0.3) is 0 Å². The normalized spacial score (nSPS) is 17.9. The van der Waals surface area contributed by atoms with Crippen molar-refractivity contribution in [2.75, 3.05) is 13.1 Å². The summed E-state index contributed by atoms with van der Waals surface area (Å²) in [5.74, 6) is 0.951. The number of benzene rings is 1. The first-order valence-electron chi connectivity index (χ1n) is 6.11. The molecule has 1 N–H and O–H groups in total. The van der Waals surface area contributed by atoms with Crippen molar-refractivity contribution in [1.29, 1.82) is 0 Å². The van der Waals surface area contributed by atoms with Gasteiger partial charge in [-0.15, -0.1) is 0 Å². The molecule has 1 aliphatic heterocycles. The summed E-state index contributed by atoms with van der Waals surface area (Å²) in [4.78, 5) is 0. The summed E-state index contributed by atoms with van der Waals surface area (Å²) in [6.07, 6.45) is 5.36. The van der Waals surface area contributed by atoms with Gasteiger partial charge in [-0.2, -0.15) is 0 Å². The van der Waals surface area contributed by atoms with Crippen LogP contribution in [0.15, 0.2) is 24.3 Å². The van der Waals surface area contributed by atoms with Crippen molar-refractivity contribution in [2.45, 2.75) is 32.6 Å². The van der Waals surface area contributed by atoms with Gasteiger partial charge in [-0.3, -0.25) is 0 Å². The fourth-order valence-corrected chi connectivity index (χ4v) is 2.41. The monoisotopic (exact) mass is 203 g/mol. The summed E-state index contributed by atoms with van der Waals surface area (Å²) < 4.78 is 0.